The van der Waals surface area contributed by atoms with Gasteiger partial charge in [0.2, 0.25) is 0 Å². The summed E-state index contributed by atoms with van der Waals surface area (Å²) >= 11 is 5.71. The van der Waals surface area contributed by atoms with Crippen LogP contribution in [-0.4, -0.2) is 9.91 Å². The molecular formula is C9H4ClFN2O2. The molecule has 76 valence electrons. The van der Waals surface area contributed by atoms with Gasteiger partial charge in [0.1, 0.15) is 11.0 Å². The highest BCUT2D eigenvalue weighted by molar-refractivity contribution is 6.34. The summed E-state index contributed by atoms with van der Waals surface area (Å²) in [6.07, 6.45) is 0.983. The number of nitro groups is 1. The van der Waals surface area contributed by atoms with E-state index in [-0.39, 0.29) is 21.6 Å². The van der Waals surface area contributed by atoms with Crippen molar-refractivity contribution in [3.63, 3.8) is 0 Å². The number of pyridine rings is 1. The molecule has 0 bridgehead atoms. The van der Waals surface area contributed by atoms with Gasteiger partial charge in [-0.2, -0.15) is 0 Å². The van der Waals surface area contributed by atoms with Gasteiger partial charge >= 0.3 is 0 Å². The number of aromatic nitrogens is 1. The first-order chi connectivity index (χ1) is 7.09. The summed E-state index contributed by atoms with van der Waals surface area (Å²) in [4.78, 5) is 13.5. The number of fused-ring (bicyclic) bond motifs is 1. The van der Waals surface area contributed by atoms with Gasteiger partial charge in [-0.05, 0) is 6.07 Å². The molecule has 0 N–H and O–H groups in total. The highest BCUT2D eigenvalue weighted by atomic mass is 35.5. The molecule has 0 aliphatic heterocycles. The number of benzene rings is 1. The first kappa shape index (κ1) is 9.79. The number of halogens is 2. The Morgan fingerprint density at radius 2 is 2.13 bits per heavy atom. The zero-order valence-corrected chi connectivity index (χ0v) is 8.03. The van der Waals surface area contributed by atoms with Crippen LogP contribution in [0.1, 0.15) is 0 Å². The average molecular weight is 227 g/mol. The lowest BCUT2D eigenvalue weighted by Gasteiger charge is -2.00. The Balaban J connectivity index is 2.81. The van der Waals surface area contributed by atoms with Crippen LogP contribution in [0.25, 0.3) is 10.8 Å². The predicted octanol–water partition coefficient (Wildman–Crippen LogP) is 2.94. The van der Waals surface area contributed by atoms with Gasteiger partial charge in [0.05, 0.1) is 11.1 Å². The van der Waals surface area contributed by atoms with E-state index in [0.717, 1.165) is 6.20 Å². The normalized spacial score (nSPS) is 10.5. The van der Waals surface area contributed by atoms with Crippen LogP contribution in [0.2, 0.25) is 5.15 Å². The first-order valence-corrected chi connectivity index (χ1v) is 4.35. The summed E-state index contributed by atoms with van der Waals surface area (Å²) in [5.74, 6) is -0.552. The average Bonchev–Trinajstić information content (AvgIpc) is 2.23. The zero-order chi connectivity index (χ0) is 11.0. The third-order valence-electron chi connectivity index (χ3n) is 1.98. The van der Waals surface area contributed by atoms with E-state index in [9.17, 15) is 14.5 Å². The largest absolute Gasteiger partial charge is 0.270 e. The van der Waals surface area contributed by atoms with Gasteiger partial charge < -0.3 is 0 Å². The van der Waals surface area contributed by atoms with Gasteiger partial charge in [0.15, 0.2) is 0 Å². The SMILES string of the molecule is O=[N+]([O-])c1ccc2c(F)cnc(Cl)c2c1. The molecule has 2 aromatic rings. The molecule has 0 aliphatic rings. The fourth-order valence-corrected chi connectivity index (χ4v) is 1.48. The molecule has 6 heteroatoms. The molecule has 2 rings (SSSR count). The molecule has 0 unspecified atom stereocenters. The predicted molar refractivity (Wildman–Crippen MR) is 53.4 cm³/mol. The Kier molecular flexibility index (Phi) is 2.24. The quantitative estimate of drug-likeness (QED) is 0.427. The Morgan fingerprint density at radius 1 is 1.40 bits per heavy atom. The molecule has 1 aromatic heterocycles. The van der Waals surface area contributed by atoms with E-state index in [4.69, 9.17) is 11.6 Å². The minimum absolute atomic E-state index is 0.0510. The highest BCUT2D eigenvalue weighted by Crippen LogP contribution is 2.27. The summed E-state index contributed by atoms with van der Waals surface area (Å²) < 4.78 is 13.2. The Morgan fingerprint density at radius 3 is 2.80 bits per heavy atom. The van der Waals surface area contributed by atoms with Crippen LogP contribution in [-0.2, 0) is 0 Å². The highest BCUT2D eigenvalue weighted by Gasteiger charge is 2.11. The fraction of sp³-hybridized carbons (Fsp3) is 0. The van der Waals surface area contributed by atoms with Crippen molar-refractivity contribution in [2.45, 2.75) is 0 Å². The van der Waals surface area contributed by atoms with Crippen molar-refractivity contribution >= 4 is 28.1 Å². The smallest absolute Gasteiger partial charge is 0.258 e. The molecule has 4 nitrogen and oxygen atoms in total. The Labute approximate surface area is 88.5 Å². The van der Waals surface area contributed by atoms with Gasteiger partial charge in [-0.1, -0.05) is 11.6 Å². The molecule has 0 fully saturated rings. The summed E-state index contributed by atoms with van der Waals surface area (Å²) in [6.45, 7) is 0. The van der Waals surface area contributed by atoms with Crippen molar-refractivity contribution in [1.82, 2.24) is 4.98 Å². The van der Waals surface area contributed by atoms with E-state index >= 15 is 0 Å². The molecule has 0 saturated heterocycles. The van der Waals surface area contributed by atoms with Crippen molar-refractivity contribution in [2.24, 2.45) is 0 Å². The van der Waals surface area contributed by atoms with Gasteiger partial charge in [-0.25, -0.2) is 9.37 Å². The van der Waals surface area contributed by atoms with Crippen LogP contribution in [0.3, 0.4) is 0 Å². The maximum absolute atomic E-state index is 13.2. The molecule has 1 aromatic carbocycles. The van der Waals surface area contributed by atoms with Gasteiger partial charge in [-0.15, -0.1) is 0 Å². The van der Waals surface area contributed by atoms with Gasteiger partial charge in [-0.3, -0.25) is 10.1 Å². The van der Waals surface area contributed by atoms with Crippen molar-refractivity contribution in [2.75, 3.05) is 0 Å². The topological polar surface area (TPSA) is 56.0 Å². The van der Waals surface area contributed by atoms with Gasteiger partial charge in [0.25, 0.3) is 5.69 Å². The summed E-state index contributed by atoms with van der Waals surface area (Å²) in [6, 6.07) is 3.74. The van der Waals surface area contributed by atoms with E-state index < -0.39 is 10.7 Å². The Bertz CT molecular complexity index is 559. The van der Waals surface area contributed by atoms with E-state index in [1.54, 1.807) is 0 Å². The molecule has 0 aliphatic carbocycles. The summed E-state index contributed by atoms with van der Waals surface area (Å²) in [5.41, 5.74) is -0.142. The second-order valence-corrected chi connectivity index (χ2v) is 3.24. The molecule has 0 radical (unpaired) electrons. The van der Waals surface area contributed by atoms with Crippen molar-refractivity contribution < 1.29 is 9.31 Å². The minimum Gasteiger partial charge on any atom is -0.258 e. The monoisotopic (exact) mass is 226 g/mol. The van der Waals surface area contributed by atoms with E-state index in [0.29, 0.717) is 0 Å². The van der Waals surface area contributed by atoms with E-state index in [1.807, 2.05) is 0 Å². The van der Waals surface area contributed by atoms with Crippen molar-refractivity contribution in [3.05, 3.63) is 45.5 Å². The number of nitrogens with zero attached hydrogens (tertiary/aromatic N) is 2. The van der Waals surface area contributed by atoms with E-state index in [2.05, 4.69) is 4.98 Å². The van der Waals surface area contributed by atoms with Crippen molar-refractivity contribution in [1.29, 1.82) is 0 Å². The number of hydrogen-bond acceptors (Lipinski definition) is 3. The maximum atomic E-state index is 13.2. The van der Waals surface area contributed by atoms with Gasteiger partial charge in [0, 0.05) is 22.9 Å². The molecule has 15 heavy (non-hydrogen) atoms. The maximum Gasteiger partial charge on any atom is 0.270 e. The molecule has 1 heterocycles. The molecule has 0 spiro atoms. The lowest BCUT2D eigenvalue weighted by atomic mass is 10.1. The third kappa shape index (κ3) is 1.61. The second-order valence-electron chi connectivity index (χ2n) is 2.88. The fourth-order valence-electron chi connectivity index (χ4n) is 1.28. The van der Waals surface area contributed by atoms with Crippen LogP contribution in [0.4, 0.5) is 10.1 Å². The number of rotatable bonds is 1. The minimum atomic E-state index is -0.569. The molecule has 0 atom stereocenters. The number of nitro benzene ring substituents is 1. The third-order valence-corrected chi connectivity index (χ3v) is 2.29. The number of hydrogen-bond donors (Lipinski definition) is 0. The van der Waals surface area contributed by atoms with Crippen LogP contribution in [0.5, 0.6) is 0 Å². The van der Waals surface area contributed by atoms with E-state index in [1.165, 1.54) is 18.2 Å². The first-order valence-electron chi connectivity index (χ1n) is 3.98. The summed E-state index contributed by atoms with van der Waals surface area (Å²) in [7, 11) is 0. The summed E-state index contributed by atoms with van der Waals surface area (Å²) in [5, 5.41) is 11.0. The zero-order valence-electron chi connectivity index (χ0n) is 7.28. The molecular weight excluding hydrogens is 223 g/mol. The number of non-ortho nitro benzene ring substituents is 1. The van der Waals surface area contributed by atoms with Crippen molar-refractivity contribution in [3.8, 4) is 0 Å². The molecule has 0 saturated carbocycles. The standard InChI is InChI=1S/C9H4ClFN2O2/c10-9-7-3-5(13(14)15)1-2-6(7)8(11)4-12-9/h1-4H. The van der Waals surface area contributed by atoms with Crippen LogP contribution in [0.15, 0.2) is 24.4 Å². The van der Waals surface area contributed by atoms with Crippen LogP contribution >= 0.6 is 11.6 Å². The second kappa shape index (κ2) is 3.43. The lowest BCUT2D eigenvalue weighted by molar-refractivity contribution is -0.384. The lowest BCUT2D eigenvalue weighted by Crippen LogP contribution is -1.90. The van der Waals surface area contributed by atoms with Crippen LogP contribution in [0, 0.1) is 15.9 Å². The molecule has 0 amide bonds. The van der Waals surface area contributed by atoms with Crippen LogP contribution < -0.4 is 0 Å². The Hall–Kier alpha value is -1.75.